The second-order valence-electron chi connectivity index (χ2n) is 4.49. The van der Waals surface area contributed by atoms with E-state index in [9.17, 15) is 4.79 Å². The van der Waals surface area contributed by atoms with Gasteiger partial charge in [0.05, 0.1) is 20.1 Å². The maximum atomic E-state index is 11.1. The van der Waals surface area contributed by atoms with Crippen LogP contribution >= 0.6 is 0 Å². The van der Waals surface area contributed by atoms with Crippen LogP contribution in [0.15, 0.2) is 24.3 Å². The number of ether oxygens (including phenoxy) is 3. The smallest absolute Gasteiger partial charge is 0.306 e. The van der Waals surface area contributed by atoms with Gasteiger partial charge in [-0.25, -0.2) is 0 Å². The maximum absolute atomic E-state index is 11.1. The lowest BCUT2D eigenvalue weighted by Crippen LogP contribution is -2.30. The standard InChI is InChI=1S/C16H25NO4/c1-4-17(11-10-16(18)19-3)12-13-21-15-9-7-6-8-14(15)20-5-2/h6-9H,4-5,10-13H2,1-3H3. The first-order valence-corrected chi connectivity index (χ1v) is 7.35. The van der Waals surface area contributed by atoms with Crippen LogP contribution in [0, 0.1) is 0 Å². The van der Waals surface area contributed by atoms with Gasteiger partial charge in [-0.05, 0) is 25.6 Å². The van der Waals surface area contributed by atoms with Gasteiger partial charge in [-0.2, -0.15) is 0 Å². The molecule has 0 heterocycles. The summed E-state index contributed by atoms with van der Waals surface area (Å²) in [5, 5.41) is 0. The van der Waals surface area contributed by atoms with Gasteiger partial charge in [0.1, 0.15) is 6.61 Å². The summed E-state index contributed by atoms with van der Waals surface area (Å²) in [7, 11) is 1.41. The molecule has 0 radical (unpaired) electrons. The number of methoxy groups -OCH3 is 1. The number of nitrogens with zero attached hydrogens (tertiary/aromatic N) is 1. The summed E-state index contributed by atoms with van der Waals surface area (Å²) in [4.78, 5) is 13.3. The molecule has 0 amide bonds. The van der Waals surface area contributed by atoms with Gasteiger partial charge in [-0.1, -0.05) is 19.1 Å². The zero-order chi connectivity index (χ0) is 15.5. The van der Waals surface area contributed by atoms with Gasteiger partial charge in [0.2, 0.25) is 0 Å². The number of hydrogen-bond donors (Lipinski definition) is 0. The molecule has 0 aromatic heterocycles. The maximum Gasteiger partial charge on any atom is 0.306 e. The van der Waals surface area contributed by atoms with Gasteiger partial charge in [-0.3, -0.25) is 9.69 Å². The Balaban J connectivity index is 2.38. The average molecular weight is 295 g/mol. The van der Waals surface area contributed by atoms with Crippen LogP contribution in [0.25, 0.3) is 0 Å². The van der Waals surface area contributed by atoms with E-state index in [1.54, 1.807) is 0 Å². The van der Waals surface area contributed by atoms with E-state index in [1.165, 1.54) is 7.11 Å². The summed E-state index contributed by atoms with van der Waals surface area (Å²) in [5.41, 5.74) is 0. The zero-order valence-corrected chi connectivity index (χ0v) is 13.1. The molecule has 0 saturated heterocycles. The van der Waals surface area contributed by atoms with Crippen LogP contribution in [0.4, 0.5) is 0 Å². The third kappa shape index (κ3) is 6.49. The van der Waals surface area contributed by atoms with Crippen LogP contribution in [-0.2, 0) is 9.53 Å². The van der Waals surface area contributed by atoms with E-state index < -0.39 is 0 Å². The summed E-state index contributed by atoms with van der Waals surface area (Å²) in [6.07, 6.45) is 0.403. The molecular formula is C16H25NO4. The van der Waals surface area contributed by atoms with Crippen molar-refractivity contribution in [2.75, 3.05) is 40.0 Å². The average Bonchev–Trinajstić information content (AvgIpc) is 2.52. The lowest BCUT2D eigenvalue weighted by Gasteiger charge is -2.20. The van der Waals surface area contributed by atoms with Crippen molar-refractivity contribution in [1.29, 1.82) is 0 Å². The van der Waals surface area contributed by atoms with Crippen LogP contribution in [0.1, 0.15) is 20.3 Å². The van der Waals surface area contributed by atoms with Crippen LogP contribution in [0.5, 0.6) is 11.5 Å². The molecule has 0 spiro atoms. The van der Waals surface area contributed by atoms with Gasteiger partial charge in [-0.15, -0.1) is 0 Å². The van der Waals surface area contributed by atoms with Crippen molar-refractivity contribution in [2.24, 2.45) is 0 Å². The van der Waals surface area contributed by atoms with Crippen molar-refractivity contribution in [1.82, 2.24) is 4.90 Å². The predicted octanol–water partition coefficient (Wildman–Crippen LogP) is 2.35. The van der Waals surface area contributed by atoms with Gasteiger partial charge in [0, 0.05) is 13.1 Å². The minimum Gasteiger partial charge on any atom is -0.490 e. The molecule has 5 nitrogen and oxygen atoms in total. The number of para-hydroxylation sites is 2. The van der Waals surface area contributed by atoms with Crippen molar-refractivity contribution >= 4 is 5.97 Å². The van der Waals surface area contributed by atoms with E-state index in [-0.39, 0.29) is 5.97 Å². The Morgan fingerprint density at radius 2 is 1.76 bits per heavy atom. The third-order valence-corrected chi connectivity index (χ3v) is 3.12. The topological polar surface area (TPSA) is 48.0 Å². The quantitative estimate of drug-likeness (QED) is 0.620. The number of benzene rings is 1. The molecule has 1 aromatic carbocycles. The summed E-state index contributed by atoms with van der Waals surface area (Å²) in [5.74, 6) is 1.33. The second kappa shape index (κ2) is 10.0. The third-order valence-electron chi connectivity index (χ3n) is 3.12. The van der Waals surface area contributed by atoms with E-state index in [2.05, 4.69) is 16.6 Å². The van der Waals surface area contributed by atoms with E-state index in [1.807, 2.05) is 31.2 Å². The number of rotatable bonds is 10. The molecule has 0 bridgehead atoms. The molecule has 1 rings (SSSR count). The molecule has 0 aliphatic rings. The number of carbonyl (C=O) groups excluding carboxylic acids is 1. The van der Waals surface area contributed by atoms with E-state index in [0.29, 0.717) is 26.2 Å². The fourth-order valence-electron chi connectivity index (χ4n) is 1.91. The predicted molar refractivity (Wildman–Crippen MR) is 81.9 cm³/mol. The summed E-state index contributed by atoms with van der Waals surface area (Å²) in [6.45, 7) is 7.48. The highest BCUT2D eigenvalue weighted by molar-refractivity contribution is 5.69. The fraction of sp³-hybridized carbons (Fsp3) is 0.562. The Morgan fingerprint density at radius 3 is 2.33 bits per heavy atom. The number of esters is 1. The SMILES string of the molecule is CCOc1ccccc1OCCN(CC)CCC(=O)OC. The Bertz CT molecular complexity index is 422. The molecule has 0 aliphatic heterocycles. The summed E-state index contributed by atoms with van der Waals surface area (Å²) >= 11 is 0. The van der Waals surface area contributed by atoms with Gasteiger partial charge >= 0.3 is 5.97 Å². The molecule has 5 heteroatoms. The highest BCUT2D eigenvalue weighted by Crippen LogP contribution is 2.26. The highest BCUT2D eigenvalue weighted by atomic mass is 16.5. The molecule has 1 aromatic rings. The molecule has 0 aliphatic carbocycles. The first-order chi connectivity index (χ1) is 10.2. The van der Waals surface area contributed by atoms with Crippen molar-refractivity contribution in [3.63, 3.8) is 0 Å². The van der Waals surface area contributed by atoms with Crippen molar-refractivity contribution in [3.05, 3.63) is 24.3 Å². The number of likely N-dealkylation sites (N-methyl/N-ethyl adjacent to an activating group) is 1. The Hall–Kier alpha value is -1.75. The minimum absolute atomic E-state index is 0.184. The lowest BCUT2D eigenvalue weighted by molar-refractivity contribution is -0.141. The largest absolute Gasteiger partial charge is 0.490 e. The normalized spacial score (nSPS) is 10.5. The van der Waals surface area contributed by atoms with Crippen molar-refractivity contribution < 1.29 is 19.0 Å². The molecule has 21 heavy (non-hydrogen) atoms. The zero-order valence-electron chi connectivity index (χ0n) is 13.1. The van der Waals surface area contributed by atoms with Crippen molar-refractivity contribution in [3.8, 4) is 11.5 Å². The monoisotopic (exact) mass is 295 g/mol. The molecule has 0 N–H and O–H groups in total. The van der Waals surface area contributed by atoms with Crippen LogP contribution < -0.4 is 9.47 Å². The first-order valence-electron chi connectivity index (χ1n) is 7.35. The fourth-order valence-corrected chi connectivity index (χ4v) is 1.91. The molecule has 0 saturated carbocycles. The Morgan fingerprint density at radius 1 is 1.10 bits per heavy atom. The summed E-state index contributed by atoms with van der Waals surface area (Å²) < 4.78 is 15.9. The van der Waals surface area contributed by atoms with Crippen LogP contribution in [0.2, 0.25) is 0 Å². The first kappa shape index (κ1) is 17.3. The van der Waals surface area contributed by atoms with E-state index in [4.69, 9.17) is 9.47 Å². The second-order valence-corrected chi connectivity index (χ2v) is 4.49. The molecule has 118 valence electrons. The Kier molecular flexibility index (Phi) is 8.28. The lowest BCUT2D eigenvalue weighted by atomic mass is 10.3. The molecule has 0 unspecified atom stereocenters. The molecule has 0 atom stereocenters. The van der Waals surface area contributed by atoms with E-state index in [0.717, 1.165) is 24.6 Å². The Labute approximate surface area is 126 Å². The van der Waals surface area contributed by atoms with Gasteiger partial charge < -0.3 is 14.2 Å². The van der Waals surface area contributed by atoms with Crippen molar-refractivity contribution in [2.45, 2.75) is 20.3 Å². The van der Waals surface area contributed by atoms with Crippen LogP contribution in [-0.4, -0.2) is 50.8 Å². The minimum atomic E-state index is -0.184. The number of hydrogen-bond acceptors (Lipinski definition) is 5. The van der Waals surface area contributed by atoms with E-state index >= 15 is 0 Å². The summed E-state index contributed by atoms with van der Waals surface area (Å²) in [6, 6.07) is 7.64. The van der Waals surface area contributed by atoms with Gasteiger partial charge in [0.15, 0.2) is 11.5 Å². The number of carbonyl (C=O) groups is 1. The molecule has 0 fully saturated rings. The van der Waals surface area contributed by atoms with Crippen LogP contribution in [0.3, 0.4) is 0 Å². The van der Waals surface area contributed by atoms with Gasteiger partial charge in [0.25, 0.3) is 0 Å². The molecular weight excluding hydrogens is 270 g/mol. The highest BCUT2D eigenvalue weighted by Gasteiger charge is 2.08.